The van der Waals surface area contributed by atoms with E-state index in [-0.39, 0.29) is 6.03 Å². The number of nitrogens with zero attached hydrogens (tertiary/aromatic N) is 4. The Bertz CT molecular complexity index is 467. The first-order valence-electron chi connectivity index (χ1n) is 7.29. The fourth-order valence-corrected chi connectivity index (χ4v) is 3.15. The van der Waals surface area contributed by atoms with Crippen LogP contribution in [0, 0.1) is 5.92 Å². The summed E-state index contributed by atoms with van der Waals surface area (Å²) in [6.45, 7) is 4.72. The Hall–Kier alpha value is -1.56. The van der Waals surface area contributed by atoms with Crippen molar-refractivity contribution in [1.29, 1.82) is 0 Å². The van der Waals surface area contributed by atoms with Crippen LogP contribution in [0.3, 0.4) is 0 Å². The summed E-state index contributed by atoms with van der Waals surface area (Å²) in [5, 5.41) is 0. The maximum Gasteiger partial charge on any atom is 0.320 e. The van der Waals surface area contributed by atoms with E-state index in [1.807, 2.05) is 22.3 Å². The van der Waals surface area contributed by atoms with Crippen molar-refractivity contribution < 1.29 is 9.53 Å². The van der Waals surface area contributed by atoms with E-state index in [4.69, 9.17) is 4.74 Å². The van der Waals surface area contributed by atoms with Gasteiger partial charge in [0.25, 0.3) is 0 Å². The molecule has 1 atom stereocenters. The minimum atomic E-state index is 0.165. The number of carbonyl (C=O) groups is 1. The highest BCUT2D eigenvalue weighted by Crippen LogP contribution is 2.19. The van der Waals surface area contributed by atoms with Crippen LogP contribution in [0.5, 0.6) is 0 Å². The lowest BCUT2D eigenvalue weighted by Gasteiger charge is -2.28. The molecule has 2 aliphatic heterocycles. The van der Waals surface area contributed by atoms with Crippen molar-refractivity contribution in [2.75, 3.05) is 33.4 Å². The molecule has 0 saturated carbocycles. The van der Waals surface area contributed by atoms with Crippen LogP contribution in [-0.4, -0.2) is 58.7 Å². The predicted molar refractivity (Wildman–Crippen MR) is 74.2 cm³/mol. The van der Waals surface area contributed by atoms with Gasteiger partial charge in [-0.1, -0.05) is 0 Å². The van der Waals surface area contributed by atoms with Gasteiger partial charge in [0, 0.05) is 45.4 Å². The van der Waals surface area contributed by atoms with Crippen LogP contribution in [0.2, 0.25) is 0 Å². The minimum absolute atomic E-state index is 0.165. The molecule has 0 aromatic carbocycles. The van der Waals surface area contributed by atoms with Gasteiger partial charge in [-0.15, -0.1) is 0 Å². The SMILES string of the molecule is COC[C@@H]1CN(C(=O)N2CCCC2)Cc2cncn2C1. The summed E-state index contributed by atoms with van der Waals surface area (Å²) in [5.74, 6) is 0.321. The number of aromatic nitrogens is 2. The molecule has 0 N–H and O–H groups in total. The number of ether oxygens (including phenoxy) is 1. The second kappa shape index (κ2) is 5.83. The van der Waals surface area contributed by atoms with Crippen molar-refractivity contribution in [3.8, 4) is 0 Å². The number of hydrogen-bond donors (Lipinski definition) is 0. The van der Waals surface area contributed by atoms with Crippen LogP contribution in [0.25, 0.3) is 0 Å². The second-order valence-corrected chi connectivity index (χ2v) is 5.72. The average molecular weight is 278 g/mol. The van der Waals surface area contributed by atoms with Crippen molar-refractivity contribution >= 4 is 6.03 Å². The Kier molecular flexibility index (Phi) is 3.91. The first-order valence-corrected chi connectivity index (χ1v) is 7.29. The molecule has 6 nitrogen and oxygen atoms in total. The van der Waals surface area contributed by atoms with Gasteiger partial charge >= 0.3 is 6.03 Å². The Morgan fingerprint density at radius 3 is 2.90 bits per heavy atom. The lowest BCUT2D eigenvalue weighted by Crippen LogP contribution is -2.43. The van der Waals surface area contributed by atoms with Gasteiger partial charge in [-0.2, -0.15) is 0 Å². The molecule has 110 valence electrons. The number of methoxy groups -OCH3 is 1. The van der Waals surface area contributed by atoms with Gasteiger partial charge in [0.15, 0.2) is 0 Å². The van der Waals surface area contributed by atoms with Crippen LogP contribution >= 0.6 is 0 Å². The molecule has 20 heavy (non-hydrogen) atoms. The van der Waals surface area contributed by atoms with E-state index in [1.165, 1.54) is 0 Å². The zero-order chi connectivity index (χ0) is 13.9. The standard InChI is InChI=1S/C14H22N4O2/c1-20-10-12-7-17(14(19)16-4-2-3-5-16)9-13-6-15-11-18(13)8-12/h6,11-12H,2-5,7-10H2,1H3/t12-/m1/s1. The molecule has 1 fully saturated rings. The third-order valence-electron chi connectivity index (χ3n) is 4.13. The van der Waals surface area contributed by atoms with Gasteiger partial charge in [0.1, 0.15) is 0 Å². The van der Waals surface area contributed by atoms with Gasteiger partial charge in [0.05, 0.1) is 25.2 Å². The molecule has 0 aliphatic carbocycles. The highest BCUT2D eigenvalue weighted by atomic mass is 16.5. The number of likely N-dealkylation sites (tertiary alicyclic amines) is 1. The molecule has 0 bridgehead atoms. The molecule has 1 saturated heterocycles. The average Bonchev–Trinajstić information content (AvgIpc) is 3.07. The normalized spacial score (nSPS) is 22.8. The summed E-state index contributed by atoms with van der Waals surface area (Å²) in [6, 6.07) is 0.165. The molecule has 0 radical (unpaired) electrons. The lowest BCUT2D eigenvalue weighted by molar-refractivity contribution is 0.113. The van der Waals surface area contributed by atoms with Gasteiger partial charge in [-0.25, -0.2) is 9.78 Å². The molecule has 0 unspecified atom stereocenters. The molecule has 6 heteroatoms. The third kappa shape index (κ3) is 2.65. The number of urea groups is 1. The van der Waals surface area contributed by atoms with Crippen LogP contribution in [0.15, 0.2) is 12.5 Å². The van der Waals surface area contributed by atoms with Gasteiger partial charge in [-0.3, -0.25) is 0 Å². The van der Waals surface area contributed by atoms with Gasteiger partial charge in [0.2, 0.25) is 0 Å². The number of amides is 2. The lowest BCUT2D eigenvalue weighted by atomic mass is 10.1. The van der Waals surface area contributed by atoms with E-state index in [9.17, 15) is 4.79 Å². The largest absolute Gasteiger partial charge is 0.384 e. The summed E-state index contributed by atoms with van der Waals surface area (Å²) >= 11 is 0. The van der Waals surface area contributed by atoms with Crippen LogP contribution in [-0.2, 0) is 17.8 Å². The van der Waals surface area contributed by atoms with E-state index < -0.39 is 0 Å². The summed E-state index contributed by atoms with van der Waals surface area (Å²) in [5.41, 5.74) is 1.11. The predicted octanol–water partition coefficient (Wildman–Crippen LogP) is 1.18. The summed E-state index contributed by atoms with van der Waals surface area (Å²) < 4.78 is 7.44. The quantitative estimate of drug-likeness (QED) is 0.816. The van der Waals surface area contributed by atoms with Crippen LogP contribution in [0.1, 0.15) is 18.5 Å². The number of rotatable bonds is 2. The summed E-state index contributed by atoms with van der Waals surface area (Å²) in [6.07, 6.45) is 5.96. The second-order valence-electron chi connectivity index (χ2n) is 5.72. The summed E-state index contributed by atoms with van der Waals surface area (Å²) in [4.78, 5) is 20.7. The summed E-state index contributed by atoms with van der Waals surface area (Å²) in [7, 11) is 1.71. The third-order valence-corrected chi connectivity index (χ3v) is 4.13. The van der Waals surface area contributed by atoms with E-state index in [0.717, 1.165) is 44.7 Å². The first-order chi connectivity index (χ1) is 9.78. The van der Waals surface area contributed by atoms with Crippen LogP contribution in [0.4, 0.5) is 4.79 Å². The van der Waals surface area contributed by atoms with E-state index >= 15 is 0 Å². The molecular weight excluding hydrogens is 256 g/mol. The fraction of sp³-hybridized carbons (Fsp3) is 0.714. The van der Waals surface area contributed by atoms with Crippen molar-refractivity contribution in [3.63, 3.8) is 0 Å². The number of imidazole rings is 1. The maximum atomic E-state index is 12.6. The minimum Gasteiger partial charge on any atom is -0.384 e. The smallest absolute Gasteiger partial charge is 0.320 e. The molecule has 1 aromatic rings. The van der Waals surface area contributed by atoms with E-state index in [2.05, 4.69) is 9.55 Å². The molecule has 2 amide bonds. The molecule has 3 heterocycles. The Morgan fingerprint density at radius 1 is 1.35 bits per heavy atom. The molecular formula is C14H22N4O2. The van der Waals surface area contributed by atoms with E-state index in [1.54, 1.807) is 7.11 Å². The topological polar surface area (TPSA) is 50.6 Å². The van der Waals surface area contributed by atoms with Crippen molar-refractivity contribution in [2.45, 2.75) is 25.9 Å². The Labute approximate surface area is 119 Å². The maximum absolute atomic E-state index is 12.6. The van der Waals surface area contributed by atoms with Gasteiger partial charge in [-0.05, 0) is 12.8 Å². The molecule has 1 aromatic heterocycles. The zero-order valence-electron chi connectivity index (χ0n) is 12.0. The number of hydrogen-bond acceptors (Lipinski definition) is 3. The monoisotopic (exact) mass is 278 g/mol. The Balaban J connectivity index is 1.77. The van der Waals surface area contributed by atoms with Crippen LogP contribution < -0.4 is 0 Å². The fourth-order valence-electron chi connectivity index (χ4n) is 3.15. The highest BCUT2D eigenvalue weighted by Gasteiger charge is 2.29. The number of fused-ring (bicyclic) bond motifs is 1. The van der Waals surface area contributed by atoms with Crippen molar-refractivity contribution in [1.82, 2.24) is 19.4 Å². The number of carbonyl (C=O) groups excluding carboxylic acids is 1. The molecule has 3 rings (SSSR count). The van der Waals surface area contributed by atoms with Crippen molar-refractivity contribution in [2.24, 2.45) is 5.92 Å². The van der Waals surface area contributed by atoms with E-state index in [0.29, 0.717) is 19.1 Å². The Morgan fingerprint density at radius 2 is 2.15 bits per heavy atom. The molecule has 0 spiro atoms. The highest BCUT2D eigenvalue weighted by molar-refractivity contribution is 5.74. The zero-order valence-corrected chi connectivity index (χ0v) is 12.0. The van der Waals surface area contributed by atoms with Crippen molar-refractivity contribution in [3.05, 3.63) is 18.2 Å². The first kappa shape index (κ1) is 13.4. The molecule has 2 aliphatic rings. The van der Waals surface area contributed by atoms with Gasteiger partial charge < -0.3 is 19.1 Å².